The smallest absolute Gasteiger partial charge is 0.254 e. The number of rotatable bonds is 6. The van der Waals surface area contributed by atoms with E-state index in [1.165, 1.54) is 0 Å². The summed E-state index contributed by atoms with van der Waals surface area (Å²) >= 11 is 0. The van der Waals surface area contributed by atoms with Gasteiger partial charge in [-0.1, -0.05) is 24.3 Å². The zero-order valence-electron chi connectivity index (χ0n) is 20.3. The van der Waals surface area contributed by atoms with Crippen molar-refractivity contribution in [3.05, 3.63) is 96.2 Å². The van der Waals surface area contributed by atoms with Crippen LogP contribution in [0.2, 0.25) is 0 Å². The van der Waals surface area contributed by atoms with E-state index in [2.05, 4.69) is 19.9 Å². The predicted octanol–water partition coefficient (Wildman–Crippen LogP) is 3.40. The topological polar surface area (TPSA) is 102 Å². The number of hydrogen-bond donors (Lipinski definition) is 1. The average Bonchev–Trinajstić information content (AvgIpc) is 3.35. The predicted molar refractivity (Wildman–Crippen MR) is 141 cm³/mol. The molecule has 1 saturated heterocycles. The third-order valence-corrected chi connectivity index (χ3v) is 6.59. The Hall–Kier alpha value is -4.50. The third-order valence-electron chi connectivity index (χ3n) is 6.59. The minimum Gasteiger partial charge on any atom is -0.487 e. The molecule has 0 bridgehead atoms. The molecule has 0 aliphatic carbocycles. The van der Waals surface area contributed by atoms with Crippen LogP contribution in [0.15, 0.2) is 79.1 Å². The fraction of sp³-hybridized carbons (Fsp3) is 0.214. The molecule has 37 heavy (non-hydrogen) atoms. The Bertz CT molecular complexity index is 1540. The monoisotopic (exact) mass is 493 g/mol. The van der Waals surface area contributed by atoms with Crippen molar-refractivity contribution < 1.29 is 9.53 Å². The SMILES string of the molecule is Nc1nc(CN2CCN(C(=O)c3cccc(OCc4cn5ccccc5n4)c3)CC2)nc2ccccc12. The van der Waals surface area contributed by atoms with Crippen molar-refractivity contribution in [1.82, 2.24) is 29.2 Å². The second-order valence-electron chi connectivity index (χ2n) is 9.13. The van der Waals surface area contributed by atoms with E-state index in [4.69, 9.17) is 10.5 Å². The van der Waals surface area contributed by atoms with Gasteiger partial charge in [0.25, 0.3) is 5.91 Å². The van der Waals surface area contributed by atoms with Gasteiger partial charge in [0.15, 0.2) is 0 Å². The number of ether oxygens (including phenoxy) is 1. The maximum absolute atomic E-state index is 13.2. The Morgan fingerprint density at radius 1 is 0.919 bits per heavy atom. The van der Waals surface area contributed by atoms with Gasteiger partial charge in [-0.3, -0.25) is 9.69 Å². The van der Waals surface area contributed by atoms with Gasteiger partial charge >= 0.3 is 0 Å². The van der Waals surface area contributed by atoms with E-state index < -0.39 is 0 Å². The second-order valence-corrected chi connectivity index (χ2v) is 9.13. The van der Waals surface area contributed by atoms with Crippen molar-refractivity contribution in [2.45, 2.75) is 13.2 Å². The molecule has 1 aliphatic rings. The van der Waals surface area contributed by atoms with Crippen LogP contribution in [0.5, 0.6) is 5.75 Å². The molecule has 0 spiro atoms. The van der Waals surface area contributed by atoms with Crippen LogP contribution in [0.1, 0.15) is 21.9 Å². The van der Waals surface area contributed by atoms with Crippen molar-refractivity contribution in [1.29, 1.82) is 0 Å². The van der Waals surface area contributed by atoms with Crippen LogP contribution in [-0.2, 0) is 13.2 Å². The second kappa shape index (κ2) is 9.87. The largest absolute Gasteiger partial charge is 0.487 e. The Kier molecular flexibility index (Phi) is 6.11. The number of carbonyl (C=O) groups excluding carboxylic acids is 1. The summed E-state index contributed by atoms with van der Waals surface area (Å²) in [6.07, 6.45) is 3.90. The molecular formula is C28H27N7O2. The van der Waals surface area contributed by atoms with Crippen molar-refractivity contribution in [2.24, 2.45) is 0 Å². The molecular weight excluding hydrogens is 466 g/mol. The Balaban J connectivity index is 1.05. The zero-order chi connectivity index (χ0) is 25.2. The summed E-state index contributed by atoms with van der Waals surface area (Å²) in [6.45, 7) is 3.68. The average molecular weight is 494 g/mol. The van der Waals surface area contributed by atoms with Crippen LogP contribution in [0.3, 0.4) is 0 Å². The molecule has 4 heterocycles. The molecule has 1 amide bonds. The van der Waals surface area contributed by atoms with E-state index in [1.807, 2.05) is 82.4 Å². The summed E-state index contributed by atoms with van der Waals surface area (Å²) < 4.78 is 7.90. The third kappa shape index (κ3) is 4.94. The van der Waals surface area contributed by atoms with Crippen LogP contribution >= 0.6 is 0 Å². The number of benzene rings is 2. The van der Waals surface area contributed by atoms with Gasteiger partial charge in [-0.05, 0) is 42.5 Å². The molecule has 0 saturated carbocycles. The van der Waals surface area contributed by atoms with Crippen molar-refractivity contribution in [2.75, 3.05) is 31.9 Å². The van der Waals surface area contributed by atoms with Gasteiger partial charge in [-0.25, -0.2) is 15.0 Å². The number of fused-ring (bicyclic) bond motifs is 2. The number of nitrogen functional groups attached to an aromatic ring is 1. The quantitative estimate of drug-likeness (QED) is 0.387. The highest BCUT2D eigenvalue weighted by Gasteiger charge is 2.23. The van der Waals surface area contributed by atoms with E-state index in [0.29, 0.717) is 49.2 Å². The summed E-state index contributed by atoms with van der Waals surface area (Å²) in [5, 5.41) is 0.867. The first-order chi connectivity index (χ1) is 18.1. The summed E-state index contributed by atoms with van der Waals surface area (Å²) in [5.41, 5.74) is 9.31. The molecule has 9 heteroatoms. The number of pyridine rings is 1. The number of nitrogens with zero attached hydrogens (tertiary/aromatic N) is 6. The molecule has 0 unspecified atom stereocenters. The summed E-state index contributed by atoms with van der Waals surface area (Å²) in [5.74, 6) is 1.85. The molecule has 2 N–H and O–H groups in total. The first-order valence-corrected chi connectivity index (χ1v) is 12.3. The van der Waals surface area contributed by atoms with Crippen LogP contribution in [0.25, 0.3) is 16.6 Å². The Morgan fingerprint density at radius 2 is 1.76 bits per heavy atom. The van der Waals surface area contributed by atoms with Gasteiger partial charge in [-0.2, -0.15) is 0 Å². The number of hydrogen-bond acceptors (Lipinski definition) is 7. The van der Waals surface area contributed by atoms with Gasteiger partial charge in [0.1, 0.15) is 29.6 Å². The lowest BCUT2D eigenvalue weighted by Crippen LogP contribution is -2.48. The van der Waals surface area contributed by atoms with Gasteiger partial charge in [-0.15, -0.1) is 0 Å². The number of carbonyl (C=O) groups is 1. The number of piperazine rings is 1. The summed E-state index contributed by atoms with van der Waals surface area (Å²) in [7, 11) is 0. The fourth-order valence-corrected chi connectivity index (χ4v) is 4.65. The van der Waals surface area contributed by atoms with E-state index in [0.717, 1.165) is 35.3 Å². The molecule has 186 valence electrons. The number of imidazole rings is 1. The normalized spacial score (nSPS) is 14.3. The molecule has 3 aromatic heterocycles. The van der Waals surface area contributed by atoms with Gasteiger partial charge < -0.3 is 19.8 Å². The minimum absolute atomic E-state index is 0.00373. The van der Waals surface area contributed by atoms with Gasteiger partial charge in [0, 0.05) is 49.5 Å². The number of amides is 1. The van der Waals surface area contributed by atoms with Gasteiger partial charge in [0.05, 0.1) is 17.8 Å². The maximum Gasteiger partial charge on any atom is 0.254 e. The standard InChI is InChI=1S/C28H27N7O2/c29-27-23-8-1-2-9-24(23)31-25(32-27)18-33-12-14-34(15-13-33)28(36)20-6-5-7-22(16-20)37-19-21-17-35-11-4-3-10-26(35)30-21/h1-11,16-17H,12-15,18-19H2,(H2,29,31,32). The molecule has 2 aromatic carbocycles. The lowest BCUT2D eigenvalue weighted by molar-refractivity contribution is 0.0625. The van der Waals surface area contributed by atoms with E-state index in [9.17, 15) is 4.79 Å². The molecule has 9 nitrogen and oxygen atoms in total. The van der Waals surface area contributed by atoms with Crippen molar-refractivity contribution in [3.63, 3.8) is 0 Å². The minimum atomic E-state index is 0.00373. The molecule has 6 rings (SSSR count). The first kappa shape index (κ1) is 22.9. The maximum atomic E-state index is 13.2. The molecule has 0 radical (unpaired) electrons. The van der Waals surface area contributed by atoms with Gasteiger partial charge in [0.2, 0.25) is 0 Å². The highest BCUT2D eigenvalue weighted by Crippen LogP contribution is 2.20. The zero-order valence-corrected chi connectivity index (χ0v) is 20.3. The summed E-state index contributed by atoms with van der Waals surface area (Å²) in [4.78, 5) is 31.0. The van der Waals surface area contributed by atoms with Crippen molar-refractivity contribution in [3.8, 4) is 5.75 Å². The van der Waals surface area contributed by atoms with Crippen LogP contribution in [0, 0.1) is 0 Å². The lowest BCUT2D eigenvalue weighted by atomic mass is 10.1. The summed E-state index contributed by atoms with van der Waals surface area (Å²) in [6, 6.07) is 21.0. The van der Waals surface area contributed by atoms with E-state index in [1.54, 1.807) is 6.07 Å². The van der Waals surface area contributed by atoms with Crippen molar-refractivity contribution >= 4 is 28.3 Å². The van der Waals surface area contributed by atoms with E-state index >= 15 is 0 Å². The first-order valence-electron chi connectivity index (χ1n) is 12.3. The van der Waals surface area contributed by atoms with Crippen LogP contribution in [-0.4, -0.2) is 61.2 Å². The number of para-hydroxylation sites is 1. The lowest BCUT2D eigenvalue weighted by Gasteiger charge is -2.34. The Morgan fingerprint density at radius 3 is 2.62 bits per heavy atom. The van der Waals surface area contributed by atoms with E-state index in [-0.39, 0.29) is 5.91 Å². The van der Waals surface area contributed by atoms with Crippen LogP contribution < -0.4 is 10.5 Å². The highest BCUT2D eigenvalue weighted by atomic mass is 16.5. The molecule has 1 fully saturated rings. The number of aromatic nitrogens is 4. The highest BCUT2D eigenvalue weighted by molar-refractivity contribution is 5.94. The molecule has 0 atom stereocenters. The molecule has 5 aromatic rings. The Labute approximate surface area is 214 Å². The number of nitrogens with two attached hydrogens (primary N) is 1. The van der Waals surface area contributed by atoms with Crippen LogP contribution in [0.4, 0.5) is 5.82 Å². The molecule has 1 aliphatic heterocycles. The fourth-order valence-electron chi connectivity index (χ4n) is 4.65. The number of anilines is 1.